The van der Waals surface area contributed by atoms with Crippen LogP contribution in [-0.4, -0.2) is 10.5 Å². The molecule has 0 spiro atoms. The molecular weight excluding hydrogens is 152 g/mol. The maximum absolute atomic E-state index is 5.39. The average Bonchev–Trinajstić information content (AvgIpc) is 2.47. The smallest absolute Gasteiger partial charge is 0.147 e. The van der Waals surface area contributed by atoms with E-state index in [1.165, 1.54) is 36.8 Å². The number of allylic oxidation sites excluding steroid dienone is 2. The van der Waals surface area contributed by atoms with Gasteiger partial charge in [-0.3, -0.25) is 0 Å². The Morgan fingerprint density at radius 1 is 1.18 bits per heavy atom. The molecule has 0 aromatic heterocycles. The highest BCUT2D eigenvalue weighted by atomic mass is 28.2. The first-order valence-electron chi connectivity index (χ1n) is 4.23. The minimum Gasteiger partial charge on any atom is -0.412 e. The summed E-state index contributed by atoms with van der Waals surface area (Å²) in [5.41, 5.74) is 3.02. The molecule has 1 radical (unpaired) electrons. The molecule has 0 unspecified atom stereocenters. The van der Waals surface area contributed by atoms with E-state index in [9.17, 15) is 0 Å². The quantitative estimate of drug-likeness (QED) is 0.531. The van der Waals surface area contributed by atoms with Crippen LogP contribution < -0.4 is 0 Å². The van der Waals surface area contributed by atoms with Crippen LogP contribution in [0.4, 0.5) is 0 Å². The summed E-state index contributed by atoms with van der Waals surface area (Å²) in [6.45, 7) is 0. The molecule has 2 aliphatic rings. The maximum atomic E-state index is 5.39. The first-order valence-corrected chi connectivity index (χ1v) is 5.05. The molecule has 0 saturated carbocycles. The van der Waals surface area contributed by atoms with Crippen molar-refractivity contribution < 1.29 is 4.43 Å². The van der Waals surface area contributed by atoms with Crippen LogP contribution in [0, 0.1) is 6.10 Å². The van der Waals surface area contributed by atoms with E-state index in [1.54, 1.807) is 0 Å². The lowest BCUT2D eigenvalue weighted by atomic mass is 9.93. The van der Waals surface area contributed by atoms with Gasteiger partial charge in [0.25, 0.3) is 0 Å². The first-order chi connectivity index (χ1) is 5.42. The molecular formula is C9H13OSi. The highest BCUT2D eigenvalue weighted by Gasteiger charge is 2.22. The molecule has 2 aliphatic carbocycles. The van der Waals surface area contributed by atoms with E-state index in [4.69, 9.17) is 4.43 Å². The number of hydrogen-bond acceptors (Lipinski definition) is 1. The molecule has 11 heavy (non-hydrogen) atoms. The maximum Gasteiger partial charge on any atom is 0.147 e. The number of rotatable bonds is 1. The fourth-order valence-electron chi connectivity index (χ4n) is 1.86. The van der Waals surface area contributed by atoms with Crippen LogP contribution >= 0.6 is 0 Å². The monoisotopic (exact) mass is 165 g/mol. The van der Waals surface area contributed by atoms with Crippen molar-refractivity contribution in [2.24, 2.45) is 0 Å². The predicted octanol–water partition coefficient (Wildman–Crippen LogP) is 1.26. The SMILES string of the molecule is [SiH3]O[C]1C=CC2=C1CCCC2. The first kappa shape index (κ1) is 7.31. The van der Waals surface area contributed by atoms with Crippen molar-refractivity contribution in [1.82, 2.24) is 0 Å². The Kier molecular flexibility index (Phi) is 1.96. The Bertz CT molecular complexity index is 218. The van der Waals surface area contributed by atoms with E-state index >= 15 is 0 Å². The largest absolute Gasteiger partial charge is 0.412 e. The van der Waals surface area contributed by atoms with Crippen molar-refractivity contribution >= 4 is 10.5 Å². The Hall–Kier alpha value is -0.343. The van der Waals surface area contributed by atoms with Crippen LogP contribution in [0.25, 0.3) is 0 Å². The zero-order valence-electron chi connectivity index (χ0n) is 6.89. The summed E-state index contributed by atoms with van der Waals surface area (Å²) in [4.78, 5) is 0. The minimum absolute atomic E-state index is 0.820. The lowest BCUT2D eigenvalue weighted by molar-refractivity contribution is 0.408. The van der Waals surface area contributed by atoms with Gasteiger partial charge in [-0.05, 0) is 42.9 Å². The molecule has 0 heterocycles. The Morgan fingerprint density at radius 2 is 2.00 bits per heavy atom. The van der Waals surface area contributed by atoms with Gasteiger partial charge in [0.05, 0.1) is 0 Å². The van der Waals surface area contributed by atoms with Gasteiger partial charge in [-0.15, -0.1) is 0 Å². The molecule has 1 nitrogen and oxygen atoms in total. The van der Waals surface area contributed by atoms with Gasteiger partial charge < -0.3 is 4.43 Å². The Morgan fingerprint density at radius 3 is 2.82 bits per heavy atom. The van der Waals surface area contributed by atoms with Crippen molar-refractivity contribution in [3.8, 4) is 0 Å². The summed E-state index contributed by atoms with van der Waals surface area (Å²) in [6.07, 6.45) is 10.7. The normalized spacial score (nSPS) is 24.7. The summed E-state index contributed by atoms with van der Waals surface area (Å²) in [5, 5.41) is 0. The van der Waals surface area contributed by atoms with Crippen molar-refractivity contribution in [3.05, 3.63) is 29.4 Å². The zero-order chi connectivity index (χ0) is 7.68. The molecule has 59 valence electrons. The van der Waals surface area contributed by atoms with Crippen molar-refractivity contribution in [2.75, 3.05) is 0 Å². The van der Waals surface area contributed by atoms with E-state index in [-0.39, 0.29) is 0 Å². The van der Waals surface area contributed by atoms with Crippen LogP contribution in [0.3, 0.4) is 0 Å². The molecule has 0 fully saturated rings. The highest BCUT2D eigenvalue weighted by molar-refractivity contribution is 5.99. The Balaban J connectivity index is 2.21. The summed E-state index contributed by atoms with van der Waals surface area (Å²) < 4.78 is 5.39. The molecule has 0 N–H and O–H groups in total. The summed E-state index contributed by atoms with van der Waals surface area (Å²) in [7, 11) is 0.820. The topological polar surface area (TPSA) is 9.23 Å². The van der Waals surface area contributed by atoms with Crippen molar-refractivity contribution in [3.63, 3.8) is 0 Å². The van der Waals surface area contributed by atoms with Gasteiger partial charge >= 0.3 is 0 Å². The van der Waals surface area contributed by atoms with E-state index in [2.05, 4.69) is 12.2 Å². The molecule has 0 aromatic carbocycles. The van der Waals surface area contributed by atoms with Crippen molar-refractivity contribution in [2.45, 2.75) is 25.7 Å². The van der Waals surface area contributed by atoms with Gasteiger partial charge in [0, 0.05) is 0 Å². The van der Waals surface area contributed by atoms with E-state index in [0.717, 1.165) is 16.6 Å². The van der Waals surface area contributed by atoms with Gasteiger partial charge in [-0.25, -0.2) is 0 Å². The average molecular weight is 165 g/mol. The van der Waals surface area contributed by atoms with Gasteiger partial charge in [0.2, 0.25) is 0 Å². The molecule has 0 aromatic rings. The molecule has 0 aliphatic heterocycles. The van der Waals surface area contributed by atoms with Gasteiger partial charge in [0.15, 0.2) is 0 Å². The fraction of sp³-hybridized carbons (Fsp3) is 0.444. The van der Waals surface area contributed by atoms with Gasteiger partial charge in [0.1, 0.15) is 16.6 Å². The minimum atomic E-state index is 0.820. The fourth-order valence-corrected chi connectivity index (χ4v) is 2.24. The van der Waals surface area contributed by atoms with E-state index < -0.39 is 0 Å². The third-order valence-electron chi connectivity index (χ3n) is 2.46. The predicted molar refractivity (Wildman–Crippen MR) is 48.9 cm³/mol. The summed E-state index contributed by atoms with van der Waals surface area (Å²) >= 11 is 0. The van der Waals surface area contributed by atoms with E-state index in [0.29, 0.717) is 0 Å². The van der Waals surface area contributed by atoms with Crippen LogP contribution in [0.1, 0.15) is 25.7 Å². The van der Waals surface area contributed by atoms with Gasteiger partial charge in [-0.1, -0.05) is 6.08 Å². The standard InChI is InChI=1S/C9H13OSi/c11-10-9-6-5-7-3-1-2-4-8(7)9/h5-6H,1-4H2,11H3. The van der Waals surface area contributed by atoms with Crippen LogP contribution in [0.5, 0.6) is 0 Å². The van der Waals surface area contributed by atoms with Gasteiger partial charge in [-0.2, -0.15) is 0 Å². The molecule has 0 saturated heterocycles. The lowest BCUT2D eigenvalue weighted by Gasteiger charge is -2.17. The second-order valence-electron chi connectivity index (χ2n) is 3.11. The second-order valence-corrected chi connectivity index (χ2v) is 3.52. The lowest BCUT2D eigenvalue weighted by Crippen LogP contribution is -2.03. The van der Waals surface area contributed by atoms with E-state index in [1.807, 2.05) is 0 Å². The number of hydrogen-bond donors (Lipinski definition) is 0. The zero-order valence-corrected chi connectivity index (χ0v) is 8.89. The van der Waals surface area contributed by atoms with Crippen LogP contribution in [-0.2, 0) is 4.43 Å². The highest BCUT2D eigenvalue weighted by Crippen LogP contribution is 2.37. The molecule has 0 atom stereocenters. The third kappa shape index (κ3) is 1.21. The second kappa shape index (κ2) is 2.95. The molecule has 0 amide bonds. The molecule has 2 rings (SSSR count). The third-order valence-corrected chi connectivity index (χ3v) is 2.90. The summed E-state index contributed by atoms with van der Waals surface area (Å²) in [5.74, 6) is 0. The molecule has 0 bridgehead atoms. The Labute approximate surface area is 70.7 Å². The molecule has 2 heteroatoms. The van der Waals surface area contributed by atoms with Crippen molar-refractivity contribution in [1.29, 1.82) is 0 Å². The summed E-state index contributed by atoms with van der Waals surface area (Å²) in [6, 6.07) is 0. The van der Waals surface area contributed by atoms with Crippen LogP contribution in [0.2, 0.25) is 0 Å². The van der Waals surface area contributed by atoms with Crippen LogP contribution in [0.15, 0.2) is 23.3 Å².